The van der Waals surface area contributed by atoms with E-state index in [-0.39, 0.29) is 11.9 Å². The van der Waals surface area contributed by atoms with Crippen LogP contribution < -0.4 is 5.32 Å². The lowest BCUT2D eigenvalue weighted by molar-refractivity contribution is -0.121. The normalized spacial score (nSPS) is 17.6. The average Bonchev–Trinajstić information content (AvgIpc) is 2.98. The smallest absolute Gasteiger partial charge is 0.225 e. The molecular weight excluding hydrogens is 268 g/mol. The lowest BCUT2D eigenvalue weighted by Crippen LogP contribution is -2.32. The van der Waals surface area contributed by atoms with Crippen molar-refractivity contribution in [3.8, 4) is 0 Å². The second-order valence-electron chi connectivity index (χ2n) is 5.66. The van der Waals surface area contributed by atoms with E-state index in [2.05, 4.69) is 15.6 Å². The highest BCUT2D eigenvalue weighted by molar-refractivity contribution is 5.79. The van der Waals surface area contributed by atoms with Crippen molar-refractivity contribution >= 4 is 5.91 Å². The zero-order valence-electron chi connectivity index (χ0n) is 12.6. The minimum atomic E-state index is 0.00565. The highest BCUT2D eigenvalue weighted by atomic mass is 16.5. The molecule has 1 unspecified atom stereocenters. The molecule has 21 heavy (non-hydrogen) atoms. The molecule has 0 fully saturated rings. The Labute approximate surface area is 123 Å². The molecule has 0 saturated heterocycles. The maximum atomic E-state index is 12.3. The Morgan fingerprint density at radius 3 is 3.05 bits per heavy atom. The number of amides is 1. The molecule has 0 bridgehead atoms. The van der Waals surface area contributed by atoms with Gasteiger partial charge in [0.2, 0.25) is 5.91 Å². The Bertz CT molecular complexity index is 652. The van der Waals surface area contributed by atoms with Crippen LogP contribution in [0.2, 0.25) is 0 Å². The SMILES string of the molecule is Cc1noc(C)c1CC(=O)NC1CCCc2c1cnn2C. The van der Waals surface area contributed by atoms with Gasteiger partial charge in [-0.05, 0) is 33.1 Å². The summed E-state index contributed by atoms with van der Waals surface area (Å²) in [6, 6.07) is 0.0652. The van der Waals surface area contributed by atoms with Crippen LogP contribution in [0, 0.1) is 13.8 Å². The van der Waals surface area contributed by atoms with Crippen LogP contribution in [0.3, 0.4) is 0 Å². The molecule has 1 N–H and O–H groups in total. The molecule has 0 saturated carbocycles. The number of nitrogens with zero attached hydrogens (tertiary/aromatic N) is 3. The number of aryl methyl sites for hydroxylation is 3. The quantitative estimate of drug-likeness (QED) is 0.934. The van der Waals surface area contributed by atoms with Crippen LogP contribution in [0.1, 0.15) is 47.2 Å². The van der Waals surface area contributed by atoms with Gasteiger partial charge >= 0.3 is 0 Å². The third kappa shape index (κ3) is 2.57. The van der Waals surface area contributed by atoms with E-state index >= 15 is 0 Å². The molecular formula is C15H20N4O2. The molecule has 2 aromatic heterocycles. The van der Waals surface area contributed by atoms with Crippen molar-refractivity contribution in [1.29, 1.82) is 0 Å². The van der Waals surface area contributed by atoms with Gasteiger partial charge in [-0.15, -0.1) is 0 Å². The molecule has 0 spiro atoms. The molecule has 3 rings (SSSR count). The predicted octanol–water partition coefficient (Wildman–Crippen LogP) is 1.76. The number of carbonyl (C=O) groups is 1. The number of nitrogens with one attached hydrogen (secondary N) is 1. The second kappa shape index (κ2) is 5.35. The Hall–Kier alpha value is -2.11. The molecule has 1 atom stereocenters. The maximum absolute atomic E-state index is 12.3. The first-order chi connectivity index (χ1) is 10.1. The van der Waals surface area contributed by atoms with Crippen molar-refractivity contribution in [1.82, 2.24) is 20.3 Å². The number of fused-ring (bicyclic) bond motifs is 1. The monoisotopic (exact) mass is 288 g/mol. The Kier molecular flexibility index (Phi) is 3.53. The zero-order chi connectivity index (χ0) is 15.0. The number of rotatable bonds is 3. The van der Waals surface area contributed by atoms with Crippen molar-refractivity contribution in [2.75, 3.05) is 0 Å². The van der Waals surface area contributed by atoms with Crippen LogP contribution >= 0.6 is 0 Å². The summed E-state index contributed by atoms with van der Waals surface area (Å²) in [6.45, 7) is 3.70. The summed E-state index contributed by atoms with van der Waals surface area (Å²) in [5.74, 6) is 0.722. The van der Waals surface area contributed by atoms with Gasteiger partial charge in [-0.25, -0.2) is 0 Å². The summed E-state index contributed by atoms with van der Waals surface area (Å²) in [7, 11) is 1.95. The third-order valence-electron chi connectivity index (χ3n) is 4.23. The van der Waals surface area contributed by atoms with Crippen LogP contribution in [0.4, 0.5) is 0 Å². The summed E-state index contributed by atoms with van der Waals surface area (Å²) in [5.41, 5.74) is 4.04. The van der Waals surface area contributed by atoms with E-state index in [0.29, 0.717) is 12.2 Å². The Morgan fingerprint density at radius 1 is 1.52 bits per heavy atom. The van der Waals surface area contributed by atoms with Crippen molar-refractivity contribution in [3.63, 3.8) is 0 Å². The molecule has 1 amide bonds. The summed E-state index contributed by atoms with van der Waals surface area (Å²) in [5, 5.41) is 11.3. The molecule has 0 radical (unpaired) electrons. The number of aromatic nitrogens is 3. The maximum Gasteiger partial charge on any atom is 0.225 e. The molecule has 2 heterocycles. The standard InChI is InChI=1S/C15H20N4O2/c1-9-11(10(2)21-18-9)7-15(20)17-13-5-4-6-14-12(13)8-16-19(14)3/h8,13H,4-7H2,1-3H3,(H,17,20). The minimum Gasteiger partial charge on any atom is -0.361 e. The highest BCUT2D eigenvalue weighted by Gasteiger charge is 2.25. The van der Waals surface area contributed by atoms with Gasteiger partial charge in [0.25, 0.3) is 0 Å². The predicted molar refractivity (Wildman–Crippen MR) is 76.7 cm³/mol. The van der Waals surface area contributed by atoms with Gasteiger partial charge in [-0.3, -0.25) is 9.48 Å². The van der Waals surface area contributed by atoms with Crippen LogP contribution in [-0.2, 0) is 24.7 Å². The summed E-state index contributed by atoms with van der Waals surface area (Å²) < 4.78 is 7.01. The number of hydrogen-bond acceptors (Lipinski definition) is 4. The van der Waals surface area contributed by atoms with Gasteiger partial charge in [0, 0.05) is 23.9 Å². The van der Waals surface area contributed by atoms with Crippen LogP contribution in [0.15, 0.2) is 10.7 Å². The third-order valence-corrected chi connectivity index (χ3v) is 4.23. The first-order valence-electron chi connectivity index (χ1n) is 7.28. The van der Waals surface area contributed by atoms with E-state index in [0.717, 1.165) is 36.1 Å². The summed E-state index contributed by atoms with van der Waals surface area (Å²) in [6.07, 6.45) is 5.25. The lowest BCUT2D eigenvalue weighted by Gasteiger charge is -2.23. The fourth-order valence-corrected chi connectivity index (χ4v) is 3.02. The van der Waals surface area contributed by atoms with E-state index in [9.17, 15) is 4.79 Å². The number of carbonyl (C=O) groups excluding carboxylic acids is 1. The first kappa shape index (κ1) is 13.9. The van der Waals surface area contributed by atoms with Crippen LogP contribution in [-0.4, -0.2) is 20.8 Å². The van der Waals surface area contributed by atoms with E-state index in [4.69, 9.17) is 4.52 Å². The molecule has 2 aromatic rings. The molecule has 1 aliphatic rings. The average molecular weight is 288 g/mol. The fraction of sp³-hybridized carbons (Fsp3) is 0.533. The van der Waals surface area contributed by atoms with Crippen molar-refractivity contribution in [2.45, 2.75) is 45.6 Å². The molecule has 112 valence electrons. The summed E-state index contributed by atoms with van der Waals surface area (Å²) in [4.78, 5) is 12.3. The van der Waals surface area contributed by atoms with Gasteiger partial charge in [-0.2, -0.15) is 5.10 Å². The zero-order valence-corrected chi connectivity index (χ0v) is 12.6. The van der Waals surface area contributed by atoms with Crippen molar-refractivity contribution in [2.24, 2.45) is 7.05 Å². The van der Waals surface area contributed by atoms with E-state index < -0.39 is 0 Å². The van der Waals surface area contributed by atoms with Crippen LogP contribution in [0.25, 0.3) is 0 Å². The van der Waals surface area contributed by atoms with Crippen LogP contribution in [0.5, 0.6) is 0 Å². The Morgan fingerprint density at radius 2 is 2.33 bits per heavy atom. The minimum absolute atomic E-state index is 0.00565. The van der Waals surface area contributed by atoms with E-state index in [1.165, 1.54) is 5.69 Å². The van der Waals surface area contributed by atoms with Crippen molar-refractivity contribution in [3.05, 3.63) is 34.5 Å². The molecule has 0 aliphatic heterocycles. The first-order valence-corrected chi connectivity index (χ1v) is 7.28. The second-order valence-corrected chi connectivity index (χ2v) is 5.66. The van der Waals surface area contributed by atoms with Gasteiger partial charge in [0.05, 0.1) is 24.4 Å². The van der Waals surface area contributed by atoms with Gasteiger partial charge in [-0.1, -0.05) is 5.16 Å². The topological polar surface area (TPSA) is 73.0 Å². The van der Waals surface area contributed by atoms with Crippen molar-refractivity contribution < 1.29 is 9.32 Å². The lowest BCUT2D eigenvalue weighted by atomic mass is 9.93. The molecule has 1 aliphatic carbocycles. The molecule has 6 nitrogen and oxygen atoms in total. The van der Waals surface area contributed by atoms with Gasteiger partial charge in [0.1, 0.15) is 5.76 Å². The highest BCUT2D eigenvalue weighted by Crippen LogP contribution is 2.29. The molecule has 6 heteroatoms. The number of hydrogen-bond donors (Lipinski definition) is 1. The van der Waals surface area contributed by atoms with Gasteiger partial charge in [0.15, 0.2) is 0 Å². The fourth-order valence-electron chi connectivity index (χ4n) is 3.02. The summed E-state index contributed by atoms with van der Waals surface area (Å²) >= 11 is 0. The Balaban J connectivity index is 1.71. The largest absolute Gasteiger partial charge is 0.361 e. The molecule has 0 aromatic carbocycles. The van der Waals surface area contributed by atoms with E-state index in [1.54, 1.807) is 0 Å². The van der Waals surface area contributed by atoms with Gasteiger partial charge < -0.3 is 9.84 Å². The van der Waals surface area contributed by atoms with E-state index in [1.807, 2.05) is 31.8 Å².